The lowest BCUT2D eigenvalue weighted by atomic mass is 10.1. The predicted molar refractivity (Wildman–Crippen MR) is 139 cm³/mol. The highest BCUT2D eigenvalue weighted by atomic mass is 16.3. The van der Waals surface area contributed by atoms with Crippen LogP contribution in [0.2, 0.25) is 0 Å². The fraction of sp³-hybridized carbons (Fsp3) is 0.200. The summed E-state index contributed by atoms with van der Waals surface area (Å²) in [6.07, 6.45) is 2.98. The fourth-order valence-electron chi connectivity index (χ4n) is 5.14. The number of carbonyl (C=O) groups is 2. The Labute approximate surface area is 210 Å². The fourth-order valence-corrected chi connectivity index (χ4v) is 5.14. The maximum absolute atomic E-state index is 12.9. The van der Waals surface area contributed by atoms with E-state index in [4.69, 9.17) is 4.42 Å². The lowest BCUT2D eigenvalue weighted by Crippen LogP contribution is -2.28. The predicted octanol–water partition coefficient (Wildman–Crippen LogP) is 4.86. The van der Waals surface area contributed by atoms with E-state index in [-0.39, 0.29) is 17.6 Å². The molecule has 1 N–H and O–H groups in total. The first kappa shape index (κ1) is 22.2. The Morgan fingerprint density at radius 2 is 1.56 bits per heavy atom. The Bertz CT molecular complexity index is 1420. The monoisotopic (exact) mass is 477 g/mol. The van der Waals surface area contributed by atoms with Crippen LogP contribution in [0.25, 0.3) is 0 Å². The number of furan rings is 1. The van der Waals surface area contributed by atoms with E-state index in [1.807, 2.05) is 24.3 Å². The first-order valence-electron chi connectivity index (χ1n) is 12.3. The summed E-state index contributed by atoms with van der Waals surface area (Å²) >= 11 is 0. The lowest BCUT2D eigenvalue weighted by Gasteiger charge is -2.19. The summed E-state index contributed by atoms with van der Waals surface area (Å²) in [4.78, 5) is 29.6. The van der Waals surface area contributed by atoms with Gasteiger partial charge in [0.25, 0.3) is 5.91 Å². The molecule has 180 valence electrons. The molecule has 2 aliphatic heterocycles. The Morgan fingerprint density at radius 1 is 0.833 bits per heavy atom. The maximum atomic E-state index is 12.9. The molecule has 1 aromatic heterocycles. The molecule has 0 spiro atoms. The number of anilines is 2. The Kier molecular flexibility index (Phi) is 5.77. The molecule has 0 unspecified atom stereocenters. The van der Waals surface area contributed by atoms with Crippen LogP contribution in [-0.4, -0.2) is 18.4 Å². The van der Waals surface area contributed by atoms with Crippen LogP contribution in [-0.2, 0) is 37.3 Å². The second-order valence-electron chi connectivity index (χ2n) is 9.36. The molecule has 6 rings (SSSR count). The van der Waals surface area contributed by atoms with Gasteiger partial charge in [-0.15, -0.1) is 0 Å². The van der Waals surface area contributed by atoms with Gasteiger partial charge in [0.2, 0.25) is 5.91 Å². The van der Waals surface area contributed by atoms with Gasteiger partial charge in [-0.1, -0.05) is 60.7 Å². The van der Waals surface area contributed by atoms with Crippen LogP contribution in [0.15, 0.2) is 89.5 Å². The number of nitrogens with zero attached hydrogens (tertiary/aromatic N) is 2. The Balaban J connectivity index is 1.07. The van der Waals surface area contributed by atoms with Crippen LogP contribution in [0.4, 0.5) is 11.4 Å². The summed E-state index contributed by atoms with van der Waals surface area (Å²) in [6, 6.07) is 26.5. The molecule has 0 saturated heterocycles. The number of para-hydroxylation sites is 2. The number of rotatable bonds is 7. The van der Waals surface area contributed by atoms with Crippen LogP contribution < -0.4 is 15.1 Å². The summed E-state index contributed by atoms with van der Waals surface area (Å²) in [5, 5.41) is 2.96. The number of amides is 2. The first-order chi connectivity index (χ1) is 17.7. The Hall–Kier alpha value is -4.32. The van der Waals surface area contributed by atoms with Crippen molar-refractivity contribution in [2.75, 3.05) is 16.3 Å². The summed E-state index contributed by atoms with van der Waals surface area (Å²) in [5.74, 6) is -0.00884. The third-order valence-corrected chi connectivity index (χ3v) is 7.04. The van der Waals surface area contributed by atoms with Crippen LogP contribution in [0.5, 0.6) is 0 Å². The van der Waals surface area contributed by atoms with E-state index in [1.165, 1.54) is 23.1 Å². The average Bonchev–Trinajstić information content (AvgIpc) is 3.62. The second-order valence-corrected chi connectivity index (χ2v) is 9.36. The molecule has 6 heteroatoms. The average molecular weight is 478 g/mol. The highest BCUT2D eigenvalue weighted by molar-refractivity contribution is 6.01. The van der Waals surface area contributed by atoms with Gasteiger partial charge in [0.15, 0.2) is 5.76 Å². The minimum Gasteiger partial charge on any atom is -0.459 e. The molecule has 4 aromatic rings. The topological polar surface area (TPSA) is 65.8 Å². The third kappa shape index (κ3) is 4.26. The van der Waals surface area contributed by atoms with Gasteiger partial charge >= 0.3 is 0 Å². The van der Waals surface area contributed by atoms with Gasteiger partial charge in [0.05, 0.1) is 19.2 Å². The van der Waals surface area contributed by atoms with Crippen molar-refractivity contribution in [1.82, 2.24) is 5.32 Å². The number of hydrogen-bond acceptors (Lipinski definition) is 4. The zero-order chi connectivity index (χ0) is 24.5. The zero-order valence-corrected chi connectivity index (χ0v) is 19.9. The van der Waals surface area contributed by atoms with Gasteiger partial charge < -0.3 is 19.5 Å². The SMILES string of the molecule is O=C(NCc1ccc(CN2CCc3ccccc32)cc1)c1occc1CN1C(=O)Cc2ccccc21. The van der Waals surface area contributed by atoms with Crippen molar-refractivity contribution in [3.8, 4) is 0 Å². The van der Waals surface area contributed by atoms with E-state index in [2.05, 4.69) is 58.7 Å². The van der Waals surface area contributed by atoms with E-state index >= 15 is 0 Å². The summed E-state index contributed by atoms with van der Waals surface area (Å²) < 4.78 is 5.52. The standard InChI is InChI=1S/C30H27N3O3/c34-28-17-24-6-2-4-8-27(24)33(28)20-25-14-16-36-29(25)30(35)31-18-21-9-11-22(12-10-21)19-32-15-13-23-5-1-3-7-26(23)32/h1-12,14,16H,13,15,17-20H2,(H,31,35). The zero-order valence-electron chi connectivity index (χ0n) is 19.9. The van der Waals surface area contributed by atoms with E-state index in [1.54, 1.807) is 11.0 Å². The highest BCUT2D eigenvalue weighted by Crippen LogP contribution is 2.31. The summed E-state index contributed by atoms with van der Waals surface area (Å²) in [5.41, 5.74) is 7.59. The molecule has 3 heterocycles. The van der Waals surface area contributed by atoms with Gasteiger partial charge in [-0.25, -0.2) is 0 Å². The molecule has 0 saturated carbocycles. The third-order valence-electron chi connectivity index (χ3n) is 7.04. The lowest BCUT2D eigenvalue weighted by molar-refractivity contribution is -0.117. The van der Waals surface area contributed by atoms with Crippen molar-refractivity contribution < 1.29 is 14.0 Å². The van der Waals surface area contributed by atoms with Crippen molar-refractivity contribution >= 4 is 23.2 Å². The summed E-state index contributed by atoms with van der Waals surface area (Å²) in [6.45, 7) is 2.62. The minimum atomic E-state index is -0.285. The molecule has 0 atom stereocenters. The molecule has 0 aliphatic carbocycles. The van der Waals surface area contributed by atoms with Crippen LogP contribution in [0.3, 0.4) is 0 Å². The van der Waals surface area contributed by atoms with E-state index in [9.17, 15) is 9.59 Å². The van der Waals surface area contributed by atoms with Crippen LogP contribution >= 0.6 is 0 Å². The molecular weight excluding hydrogens is 450 g/mol. The van der Waals surface area contributed by atoms with Gasteiger partial charge in [-0.3, -0.25) is 9.59 Å². The summed E-state index contributed by atoms with van der Waals surface area (Å²) in [7, 11) is 0. The number of fused-ring (bicyclic) bond motifs is 2. The van der Waals surface area contributed by atoms with E-state index in [0.717, 1.165) is 36.3 Å². The molecule has 0 bridgehead atoms. The normalized spacial score (nSPS) is 14.2. The van der Waals surface area contributed by atoms with Crippen molar-refractivity contribution in [2.45, 2.75) is 32.5 Å². The molecule has 0 fully saturated rings. The highest BCUT2D eigenvalue weighted by Gasteiger charge is 2.28. The number of nitrogens with one attached hydrogen (secondary N) is 1. The smallest absolute Gasteiger partial charge is 0.287 e. The molecule has 2 aliphatic rings. The van der Waals surface area contributed by atoms with Crippen molar-refractivity contribution in [3.05, 3.63) is 119 Å². The molecule has 3 aromatic carbocycles. The molecule has 2 amide bonds. The number of benzene rings is 3. The van der Waals surface area contributed by atoms with Gasteiger partial charge in [-0.05, 0) is 46.9 Å². The van der Waals surface area contributed by atoms with E-state index in [0.29, 0.717) is 25.1 Å². The van der Waals surface area contributed by atoms with Crippen LogP contribution in [0, 0.1) is 0 Å². The van der Waals surface area contributed by atoms with Gasteiger partial charge in [0.1, 0.15) is 0 Å². The number of hydrogen-bond donors (Lipinski definition) is 1. The van der Waals surface area contributed by atoms with Crippen LogP contribution in [0.1, 0.15) is 38.4 Å². The Morgan fingerprint density at radius 3 is 2.39 bits per heavy atom. The molecule has 0 radical (unpaired) electrons. The number of carbonyl (C=O) groups excluding carboxylic acids is 2. The van der Waals surface area contributed by atoms with Crippen molar-refractivity contribution in [3.63, 3.8) is 0 Å². The molecule has 6 nitrogen and oxygen atoms in total. The van der Waals surface area contributed by atoms with Gasteiger partial charge in [0, 0.05) is 36.6 Å². The quantitative estimate of drug-likeness (QED) is 0.413. The minimum absolute atomic E-state index is 0.0290. The van der Waals surface area contributed by atoms with E-state index < -0.39 is 0 Å². The van der Waals surface area contributed by atoms with Crippen molar-refractivity contribution in [2.24, 2.45) is 0 Å². The molecule has 36 heavy (non-hydrogen) atoms. The largest absolute Gasteiger partial charge is 0.459 e. The maximum Gasteiger partial charge on any atom is 0.287 e. The van der Waals surface area contributed by atoms with Gasteiger partial charge in [-0.2, -0.15) is 0 Å². The first-order valence-corrected chi connectivity index (χ1v) is 12.3. The molecular formula is C30H27N3O3. The van der Waals surface area contributed by atoms with Crippen molar-refractivity contribution in [1.29, 1.82) is 0 Å². The second kappa shape index (κ2) is 9.38.